The fraction of sp³-hybridized carbons (Fsp3) is 0.654. The zero-order valence-electron chi connectivity index (χ0n) is 40.6. The highest BCUT2D eigenvalue weighted by Gasteiger charge is 2.75. The van der Waals surface area contributed by atoms with E-state index >= 15 is 0 Å². The van der Waals surface area contributed by atoms with Crippen molar-refractivity contribution >= 4 is 51.6 Å². The van der Waals surface area contributed by atoms with E-state index < -0.39 is 17.9 Å². The van der Waals surface area contributed by atoms with Crippen LogP contribution in [-0.4, -0.2) is 148 Å². The summed E-state index contributed by atoms with van der Waals surface area (Å²) in [5.41, 5.74) is 2.83. The Morgan fingerprint density at radius 2 is 1.51 bits per heavy atom. The molecule has 4 aliphatic carbocycles. The van der Waals surface area contributed by atoms with Gasteiger partial charge in [0, 0.05) is 81.8 Å². The normalized spacial score (nSPS) is 31.1. The number of nitro benzene ring substituents is 1. The number of nitro groups is 1. The van der Waals surface area contributed by atoms with Crippen molar-refractivity contribution in [3.05, 3.63) is 64.6 Å². The Hall–Kier alpha value is -5.14. The average molecular weight is 970 g/mol. The summed E-state index contributed by atoms with van der Waals surface area (Å²) in [5, 5.41) is 51.3. The lowest BCUT2D eigenvalue weighted by Crippen LogP contribution is -2.55. The van der Waals surface area contributed by atoms with Crippen molar-refractivity contribution in [3.63, 3.8) is 0 Å². The Bertz CT molecular complexity index is 2370. The first kappa shape index (κ1) is 49.8. The van der Waals surface area contributed by atoms with Gasteiger partial charge in [0.05, 0.1) is 41.4 Å². The van der Waals surface area contributed by atoms with Crippen molar-refractivity contribution in [2.75, 3.05) is 76.1 Å². The topological polar surface area (TPSA) is 244 Å². The summed E-state index contributed by atoms with van der Waals surface area (Å²) in [4.78, 5) is 65.1. The molecule has 2 aliphatic heterocycles. The van der Waals surface area contributed by atoms with Crippen LogP contribution in [-0.2, 0) is 30.3 Å². The Kier molecular flexibility index (Phi) is 14.9. The number of carboxylic acid groups (broad SMARTS) is 3. The number of non-ortho nitro benzene ring substituents is 1. The number of aliphatic carboxylic acids is 3. The third-order valence-corrected chi connectivity index (χ3v) is 17.8. The second kappa shape index (κ2) is 20.9. The van der Waals surface area contributed by atoms with Crippen molar-refractivity contribution in [3.8, 4) is 0 Å². The molecule has 3 aromatic rings. The van der Waals surface area contributed by atoms with E-state index in [-0.39, 0.29) is 53.2 Å². The number of nitrogens with zero attached hydrogens (tertiary/aromatic N) is 4. The summed E-state index contributed by atoms with van der Waals surface area (Å²) in [5.74, 6) is 0.379. The number of amides is 1. The number of rotatable bonds is 19. The zero-order chi connectivity index (χ0) is 49.3. The van der Waals surface area contributed by atoms with E-state index in [0.29, 0.717) is 117 Å². The molecule has 18 heteroatoms. The van der Waals surface area contributed by atoms with Crippen LogP contribution in [0.1, 0.15) is 83.6 Å². The van der Waals surface area contributed by atoms with Gasteiger partial charge in [-0.25, -0.2) is 0 Å². The fourth-order valence-corrected chi connectivity index (χ4v) is 14.3. The smallest absolute Gasteiger partial charge is 0.317 e. The number of nitrogens with one attached hydrogen (secondary N) is 3. The standard InChI is InChI=1S/C52H71N7O11/c1-32(3-14-47(60)55-35-7-4-33(5-8-35)23-37(53-26-48(61)62)27-56-17-19-57(28-49(63)64)21-22-58(20-18-56)29-50(65)66)41-10-11-42-38-9-6-34-24-36(15-16-51(34,2)43(38)25-46-52(41,42)70-46)54-44-12-13-45(59(67)68)40-31-69-30-39(40)44/h4-5,7-8,12-13,30-32,34,36-38,41-43,46,53-54H,3,6,9-11,14-29H2,1-2H3,(H,55,60)(H,61,62)(H,63,64)(H,65,66)/t32?,34?,36?,37?,38?,41-,42?,43?,46+,51+,52+/m1/s1. The molecular formula is C52H71N7O11. The lowest BCUT2D eigenvalue weighted by Gasteiger charge is -2.58. The van der Waals surface area contributed by atoms with E-state index in [9.17, 15) is 44.6 Å². The Morgan fingerprint density at radius 1 is 0.829 bits per heavy atom. The Morgan fingerprint density at radius 3 is 2.19 bits per heavy atom. The highest BCUT2D eigenvalue weighted by molar-refractivity contribution is 5.99. The van der Waals surface area contributed by atoms with Crippen LogP contribution in [0.3, 0.4) is 0 Å². The van der Waals surface area contributed by atoms with Crippen LogP contribution < -0.4 is 16.0 Å². The summed E-state index contributed by atoms with van der Waals surface area (Å²) in [6.07, 6.45) is 14.3. The molecule has 3 heterocycles. The summed E-state index contributed by atoms with van der Waals surface area (Å²) >= 11 is 0. The summed E-state index contributed by atoms with van der Waals surface area (Å²) < 4.78 is 12.3. The maximum atomic E-state index is 13.4. The number of epoxide rings is 1. The largest absolute Gasteiger partial charge is 0.480 e. The van der Waals surface area contributed by atoms with E-state index in [0.717, 1.165) is 55.2 Å². The van der Waals surface area contributed by atoms with Crippen LogP contribution in [0.15, 0.2) is 53.3 Å². The van der Waals surface area contributed by atoms with Gasteiger partial charge in [-0.3, -0.25) is 44.0 Å². The first-order chi connectivity index (χ1) is 33.6. The molecule has 1 spiro atoms. The van der Waals surface area contributed by atoms with Gasteiger partial charge in [-0.05, 0) is 129 Å². The predicted molar refractivity (Wildman–Crippen MR) is 262 cm³/mol. The van der Waals surface area contributed by atoms with E-state index in [1.165, 1.54) is 25.5 Å². The number of hydrogen-bond acceptors (Lipinski definition) is 13. The molecule has 4 saturated carbocycles. The number of carbonyl (C=O) groups is 4. The fourth-order valence-electron chi connectivity index (χ4n) is 14.3. The Labute approximate surface area is 409 Å². The molecule has 18 nitrogen and oxygen atoms in total. The first-order valence-corrected chi connectivity index (χ1v) is 25.6. The second-order valence-corrected chi connectivity index (χ2v) is 21.8. The summed E-state index contributed by atoms with van der Waals surface area (Å²) in [6.45, 7) is 7.75. The lowest BCUT2D eigenvalue weighted by atomic mass is 9.46. The van der Waals surface area contributed by atoms with Crippen LogP contribution in [0.2, 0.25) is 0 Å². The van der Waals surface area contributed by atoms with E-state index in [1.54, 1.807) is 22.1 Å². The van der Waals surface area contributed by atoms with Gasteiger partial charge in [0.1, 0.15) is 18.1 Å². The van der Waals surface area contributed by atoms with Crippen molar-refractivity contribution in [2.45, 2.75) is 108 Å². The molecule has 9 rings (SSSR count). The molecule has 6 fully saturated rings. The molecule has 6 aliphatic rings. The quantitative estimate of drug-likeness (QED) is 0.0442. The molecule has 6 N–H and O–H groups in total. The predicted octanol–water partition coefficient (Wildman–Crippen LogP) is 6.25. The minimum atomic E-state index is -0.978. The van der Waals surface area contributed by atoms with Gasteiger partial charge in [-0.1, -0.05) is 26.0 Å². The van der Waals surface area contributed by atoms with E-state index in [4.69, 9.17) is 9.15 Å². The van der Waals surface area contributed by atoms with Gasteiger partial charge < -0.3 is 40.4 Å². The van der Waals surface area contributed by atoms with Crippen LogP contribution in [0.4, 0.5) is 17.1 Å². The number of anilines is 2. The molecule has 2 aromatic carbocycles. The van der Waals surface area contributed by atoms with Gasteiger partial charge in [0.15, 0.2) is 0 Å². The van der Waals surface area contributed by atoms with Crippen LogP contribution in [0.5, 0.6) is 0 Å². The van der Waals surface area contributed by atoms with Gasteiger partial charge in [0.25, 0.3) is 5.69 Å². The first-order valence-electron chi connectivity index (χ1n) is 25.6. The SMILES string of the molecule is CC(CCC(=O)Nc1ccc(CC(CN2CCN(CC(=O)O)CCN(CC(=O)O)CC2)NCC(=O)O)cc1)[C@H]1CCC2C3CCC4CC(Nc5ccc([N+](=O)[O-])c6cocc56)CC[C@]4(C)C3C[C@@H]3O[C@@]231. The van der Waals surface area contributed by atoms with Gasteiger partial charge in [-0.15, -0.1) is 0 Å². The maximum absolute atomic E-state index is 13.4. The average Bonchev–Trinajstić information content (AvgIpc) is 3.59. The molecule has 380 valence electrons. The minimum absolute atomic E-state index is 0.0226. The third-order valence-electron chi connectivity index (χ3n) is 17.8. The maximum Gasteiger partial charge on any atom is 0.317 e. The number of ether oxygens (including phenoxy) is 1. The molecular weight excluding hydrogens is 899 g/mol. The van der Waals surface area contributed by atoms with Crippen LogP contribution in [0.25, 0.3) is 10.8 Å². The molecule has 0 bridgehead atoms. The summed E-state index contributed by atoms with van der Waals surface area (Å²) in [7, 11) is 0. The van der Waals surface area contributed by atoms with Crippen molar-refractivity contribution < 1.29 is 48.6 Å². The number of carbonyl (C=O) groups excluding carboxylic acids is 1. The molecule has 2 saturated heterocycles. The molecule has 70 heavy (non-hydrogen) atoms. The highest BCUT2D eigenvalue weighted by atomic mass is 16.6. The van der Waals surface area contributed by atoms with E-state index in [1.807, 2.05) is 30.3 Å². The molecule has 7 unspecified atom stereocenters. The molecule has 1 amide bonds. The summed E-state index contributed by atoms with van der Waals surface area (Å²) in [6, 6.07) is 11.1. The molecule has 0 radical (unpaired) electrons. The number of benzene rings is 2. The Balaban J connectivity index is 0.755. The molecule has 1 aromatic heterocycles. The van der Waals surface area contributed by atoms with Gasteiger partial charge in [0.2, 0.25) is 5.91 Å². The van der Waals surface area contributed by atoms with Crippen molar-refractivity contribution in [1.82, 2.24) is 20.0 Å². The third kappa shape index (κ3) is 10.7. The second-order valence-electron chi connectivity index (χ2n) is 21.8. The van der Waals surface area contributed by atoms with E-state index in [2.05, 4.69) is 34.7 Å². The van der Waals surface area contributed by atoms with Crippen molar-refractivity contribution in [2.24, 2.45) is 40.9 Å². The minimum Gasteiger partial charge on any atom is -0.480 e. The van der Waals surface area contributed by atoms with Crippen LogP contribution >= 0.6 is 0 Å². The monoisotopic (exact) mass is 970 g/mol. The van der Waals surface area contributed by atoms with Gasteiger partial charge in [-0.2, -0.15) is 0 Å². The number of fused-ring (bicyclic) bond motifs is 5. The number of carboxylic acids is 3. The number of hydrogen-bond donors (Lipinski definition) is 6. The van der Waals surface area contributed by atoms with Gasteiger partial charge >= 0.3 is 17.9 Å². The zero-order valence-corrected chi connectivity index (χ0v) is 40.6. The molecule has 11 atom stereocenters. The van der Waals surface area contributed by atoms with Crippen LogP contribution in [0, 0.1) is 51.0 Å². The number of furan rings is 1. The lowest BCUT2D eigenvalue weighted by molar-refractivity contribution is -0.383. The van der Waals surface area contributed by atoms with Crippen molar-refractivity contribution in [1.29, 1.82) is 0 Å². The highest BCUT2D eigenvalue weighted by Crippen LogP contribution is 2.72.